The average molecular weight is 445 g/mol. The van der Waals surface area contributed by atoms with E-state index in [9.17, 15) is 28.6 Å². The molecular weight excluding hydrogens is 424 g/mol. The number of piperidine rings is 1. The second-order valence-electron chi connectivity index (χ2n) is 6.50. The van der Waals surface area contributed by atoms with Crippen molar-refractivity contribution < 1.29 is 23.2 Å². The number of carbonyl (C=O) groups is 1. The lowest BCUT2D eigenvalue weighted by Crippen LogP contribution is -2.60. The van der Waals surface area contributed by atoms with Crippen LogP contribution in [0.4, 0.5) is 11.4 Å². The van der Waals surface area contributed by atoms with Gasteiger partial charge in [0.25, 0.3) is 5.69 Å². The molecule has 2 atom stereocenters. The number of likely N-dealkylation sites (tertiary alicyclic amines) is 1. The Morgan fingerprint density at radius 2 is 2.00 bits per heavy atom. The number of esters is 1. The fourth-order valence-corrected chi connectivity index (χ4v) is 4.91. The molecule has 1 aromatic rings. The summed E-state index contributed by atoms with van der Waals surface area (Å²) in [7, 11) is 1.88. The van der Waals surface area contributed by atoms with Crippen LogP contribution in [0.15, 0.2) is 28.8 Å². The zero-order chi connectivity index (χ0) is 21.6. The van der Waals surface area contributed by atoms with Crippen molar-refractivity contribution in [1.29, 1.82) is 0 Å². The number of anilines is 1. The molecule has 1 saturated heterocycles. The molecule has 1 aliphatic heterocycles. The number of ether oxygens (including phenoxy) is 1. The molecule has 0 aromatic heterocycles. The minimum atomic E-state index is -2.92. The van der Waals surface area contributed by atoms with Gasteiger partial charge in [-0.3, -0.25) is 18.6 Å². The lowest BCUT2D eigenvalue weighted by atomic mass is 9.87. The minimum absolute atomic E-state index is 0.0180. The number of rotatable bonds is 9. The Balaban J connectivity index is 2.56. The first-order chi connectivity index (χ1) is 13.8. The standard InChI is InChI=1S/C16H22N4O7S2/c1-3-27-15(21)14(16(28-17-22)8-10-18(2)11-9-16)19(29(25)26)12-4-6-13(7-5-12)20(23)24/h4-7,14H,3,8-11H2,1-2H3,(H,25,26)/p-1. The summed E-state index contributed by atoms with van der Waals surface area (Å²) < 4.78 is 32.1. The first-order valence-electron chi connectivity index (χ1n) is 8.75. The second kappa shape index (κ2) is 10.1. The highest BCUT2D eigenvalue weighted by atomic mass is 32.2. The van der Waals surface area contributed by atoms with E-state index in [1.54, 1.807) is 6.92 Å². The van der Waals surface area contributed by atoms with Gasteiger partial charge in [0.1, 0.15) is 0 Å². The summed E-state index contributed by atoms with van der Waals surface area (Å²) in [6.07, 6.45) is 0.647. The van der Waals surface area contributed by atoms with Crippen LogP contribution in [0.1, 0.15) is 19.8 Å². The molecule has 13 heteroatoms. The summed E-state index contributed by atoms with van der Waals surface area (Å²) in [5.41, 5.74) is -0.178. The molecule has 1 fully saturated rings. The quantitative estimate of drug-likeness (QED) is 0.139. The fourth-order valence-electron chi connectivity index (χ4n) is 3.27. The third kappa shape index (κ3) is 5.29. The summed E-state index contributed by atoms with van der Waals surface area (Å²) in [5.74, 6) is -0.809. The van der Waals surface area contributed by atoms with Gasteiger partial charge in [-0.2, -0.15) is 0 Å². The van der Waals surface area contributed by atoms with E-state index in [0.717, 1.165) is 16.4 Å². The number of nitroso groups, excluding NO2 is 1. The van der Waals surface area contributed by atoms with Gasteiger partial charge in [-0.05, 0) is 52.0 Å². The van der Waals surface area contributed by atoms with Gasteiger partial charge >= 0.3 is 5.97 Å². The molecule has 160 valence electrons. The molecule has 2 rings (SSSR count). The van der Waals surface area contributed by atoms with Gasteiger partial charge in [0.05, 0.1) is 16.3 Å². The summed E-state index contributed by atoms with van der Waals surface area (Å²) in [6.45, 7) is 2.66. The Morgan fingerprint density at radius 1 is 1.41 bits per heavy atom. The first-order valence-corrected chi connectivity index (χ1v) is 10.6. The normalized spacial score (nSPS) is 18.4. The van der Waals surface area contributed by atoms with Gasteiger partial charge in [-0.15, -0.1) is 4.91 Å². The van der Waals surface area contributed by atoms with E-state index in [4.69, 9.17) is 4.74 Å². The van der Waals surface area contributed by atoms with Crippen LogP contribution >= 0.6 is 11.9 Å². The maximum Gasteiger partial charge on any atom is 0.331 e. The summed E-state index contributed by atoms with van der Waals surface area (Å²) in [6, 6.07) is 3.40. The third-order valence-corrected chi connectivity index (χ3v) is 6.58. The monoisotopic (exact) mass is 445 g/mol. The number of hydrogen-bond donors (Lipinski definition) is 0. The number of nitrogens with zero attached hydrogens (tertiary/aromatic N) is 4. The van der Waals surface area contributed by atoms with Crippen molar-refractivity contribution in [2.75, 3.05) is 31.0 Å². The van der Waals surface area contributed by atoms with Crippen LogP contribution in [0.25, 0.3) is 0 Å². The molecule has 0 spiro atoms. The number of hydrogen-bond acceptors (Lipinski definition) is 10. The first kappa shape index (κ1) is 23.2. The molecule has 0 aliphatic carbocycles. The Kier molecular flexibility index (Phi) is 8.07. The van der Waals surface area contributed by atoms with Crippen LogP contribution < -0.4 is 4.31 Å². The molecule has 1 heterocycles. The van der Waals surface area contributed by atoms with Gasteiger partial charge in [0.15, 0.2) is 6.04 Å². The van der Waals surface area contributed by atoms with Crippen molar-refractivity contribution >= 4 is 40.6 Å². The van der Waals surface area contributed by atoms with Crippen molar-refractivity contribution in [1.82, 2.24) is 4.90 Å². The van der Waals surface area contributed by atoms with Crippen LogP contribution in [-0.4, -0.2) is 62.1 Å². The average Bonchev–Trinajstić information content (AvgIpc) is 2.68. The zero-order valence-corrected chi connectivity index (χ0v) is 17.5. The van der Waals surface area contributed by atoms with Gasteiger partial charge < -0.3 is 14.2 Å². The van der Waals surface area contributed by atoms with Crippen LogP contribution in [0.2, 0.25) is 0 Å². The van der Waals surface area contributed by atoms with E-state index in [-0.39, 0.29) is 18.0 Å². The molecule has 0 N–H and O–H groups in total. The van der Waals surface area contributed by atoms with Gasteiger partial charge in [-0.1, -0.05) is 0 Å². The highest BCUT2D eigenvalue weighted by molar-refractivity contribution is 7.99. The molecule has 0 saturated carbocycles. The molecule has 2 unspecified atom stereocenters. The zero-order valence-electron chi connectivity index (χ0n) is 15.9. The Labute approximate surface area is 174 Å². The van der Waals surface area contributed by atoms with Crippen LogP contribution in [0.3, 0.4) is 0 Å². The smallest absolute Gasteiger partial charge is 0.331 e. The number of carbonyl (C=O) groups excluding carboxylic acids is 1. The van der Waals surface area contributed by atoms with Gasteiger partial charge in [0, 0.05) is 45.6 Å². The second-order valence-corrected chi connectivity index (χ2v) is 8.48. The highest BCUT2D eigenvalue weighted by Crippen LogP contribution is 2.43. The Morgan fingerprint density at radius 3 is 2.45 bits per heavy atom. The molecule has 0 bridgehead atoms. The Hall–Kier alpha value is -2.09. The maximum absolute atomic E-state index is 12.9. The van der Waals surface area contributed by atoms with Crippen molar-refractivity contribution in [3.8, 4) is 0 Å². The van der Waals surface area contributed by atoms with Crippen molar-refractivity contribution in [2.24, 2.45) is 4.58 Å². The third-order valence-electron chi connectivity index (χ3n) is 4.77. The Bertz CT molecular complexity index is 769. The largest absolute Gasteiger partial charge is 0.755 e. The van der Waals surface area contributed by atoms with E-state index >= 15 is 0 Å². The van der Waals surface area contributed by atoms with Crippen LogP contribution in [0.5, 0.6) is 0 Å². The highest BCUT2D eigenvalue weighted by Gasteiger charge is 2.51. The molecule has 0 radical (unpaired) electrons. The molecule has 1 aromatic carbocycles. The van der Waals surface area contributed by atoms with E-state index in [2.05, 4.69) is 4.58 Å². The molecule has 11 nitrogen and oxygen atoms in total. The number of benzene rings is 1. The summed E-state index contributed by atoms with van der Waals surface area (Å²) in [5, 5.41) is 10.9. The predicted octanol–water partition coefficient (Wildman–Crippen LogP) is 2.01. The van der Waals surface area contributed by atoms with Crippen LogP contribution in [0, 0.1) is 15.0 Å². The molecular formula is C16H21N4O7S2-. The topological polar surface area (TPSA) is 145 Å². The maximum atomic E-state index is 12.9. The predicted molar refractivity (Wildman–Crippen MR) is 108 cm³/mol. The minimum Gasteiger partial charge on any atom is -0.755 e. The lowest BCUT2D eigenvalue weighted by Gasteiger charge is -2.46. The van der Waals surface area contributed by atoms with Crippen LogP contribution in [-0.2, 0) is 20.8 Å². The summed E-state index contributed by atoms with van der Waals surface area (Å²) in [4.78, 5) is 36.4. The number of nitro benzene ring substituents is 1. The fraction of sp³-hybridized carbons (Fsp3) is 0.562. The molecule has 29 heavy (non-hydrogen) atoms. The van der Waals surface area contributed by atoms with Gasteiger partial charge in [-0.25, -0.2) is 4.79 Å². The lowest BCUT2D eigenvalue weighted by molar-refractivity contribution is -0.384. The summed E-state index contributed by atoms with van der Waals surface area (Å²) >= 11 is -2.29. The number of nitro groups is 1. The SMILES string of the molecule is CCOC(=O)C(N(c1ccc([N+](=O)[O-])cc1)S(=O)[O-])C1(SN=O)CCN(C)CC1. The molecule has 1 aliphatic rings. The van der Waals surface area contributed by atoms with Gasteiger partial charge in [0.2, 0.25) is 0 Å². The van der Waals surface area contributed by atoms with E-state index in [0.29, 0.717) is 37.9 Å². The van der Waals surface area contributed by atoms with E-state index < -0.39 is 32.9 Å². The van der Waals surface area contributed by atoms with Crippen molar-refractivity contribution in [3.63, 3.8) is 0 Å². The molecule has 0 amide bonds. The van der Waals surface area contributed by atoms with Crippen molar-refractivity contribution in [3.05, 3.63) is 39.3 Å². The number of non-ortho nitro benzene ring substituents is 1. The van der Waals surface area contributed by atoms with E-state index in [1.165, 1.54) is 12.1 Å². The van der Waals surface area contributed by atoms with Crippen molar-refractivity contribution in [2.45, 2.75) is 30.6 Å². The van der Waals surface area contributed by atoms with E-state index in [1.807, 2.05) is 11.9 Å².